The molecule has 0 spiro atoms. The number of benzene rings is 2. The Morgan fingerprint density at radius 2 is 1.88 bits per heavy atom. The van der Waals surface area contributed by atoms with Crippen LogP contribution >= 0.6 is 0 Å². The Balaban J connectivity index is 1.92. The Morgan fingerprint density at radius 3 is 2.50 bits per heavy atom. The smallest absolute Gasteiger partial charge is 0.130 e. The van der Waals surface area contributed by atoms with E-state index in [-0.39, 0.29) is 12.4 Å². The lowest BCUT2D eigenvalue weighted by Crippen LogP contribution is -2.19. The largest absolute Gasteiger partial charge is 0.487 e. The molecule has 2 aromatic carbocycles. The molecule has 0 aromatic heterocycles. The highest BCUT2D eigenvalue weighted by molar-refractivity contribution is 5.31. The van der Waals surface area contributed by atoms with E-state index in [9.17, 15) is 4.39 Å². The summed E-state index contributed by atoms with van der Waals surface area (Å²) in [5.41, 5.74) is 11.4. The molecule has 0 atom stereocenters. The Morgan fingerprint density at radius 1 is 1.19 bits per heavy atom. The molecule has 0 amide bonds. The molecule has 0 heterocycles. The minimum Gasteiger partial charge on any atom is -0.487 e. The van der Waals surface area contributed by atoms with Crippen LogP contribution < -0.4 is 16.0 Å². The van der Waals surface area contributed by atoms with E-state index in [1.807, 2.05) is 19.1 Å². The third-order valence-corrected chi connectivity index (χ3v) is 3.40. The van der Waals surface area contributed by atoms with Gasteiger partial charge in [0.25, 0.3) is 0 Å². The molecule has 6 heteroatoms. The summed E-state index contributed by atoms with van der Waals surface area (Å²) in [4.78, 5) is 5.50. The number of allylic oxidation sites excluding steroid dienone is 2. The minimum absolute atomic E-state index is 0.199. The summed E-state index contributed by atoms with van der Waals surface area (Å²) in [6.45, 7) is 2.36. The molecule has 0 saturated heterocycles. The maximum atomic E-state index is 12.9. The molecule has 2 rings (SSSR count). The van der Waals surface area contributed by atoms with E-state index >= 15 is 0 Å². The first-order valence-electron chi connectivity index (χ1n) is 7.95. The lowest BCUT2D eigenvalue weighted by Gasteiger charge is -2.13. The average molecular weight is 353 g/mol. The molecule has 134 valence electrons. The van der Waals surface area contributed by atoms with Crippen molar-refractivity contribution >= 4 is 0 Å². The van der Waals surface area contributed by atoms with Gasteiger partial charge in [0.2, 0.25) is 0 Å². The molecule has 0 fully saturated rings. The van der Waals surface area contributed by atoms with Gasteiger partial charge in [-0.05, 0) is 66.7 Å². The van der Waals surface area contributed by atoms with Crippen molar-refractivity contribution in [2.45, 2.75) is 13.5 Å². The van der Waals surface area contributed by atoms with Crippen LogP contribution in [0.4, 0.5) is 4.39 Å². The van der Waals surface area contributed by atoms with Gasteiger partial charge >= 0.3 is 0 Å². The second-order valence-electron chi connectivity index (χ2n) is 5.52. The number of nitriles is 1. The summed E-state index contributed by atoms with van der Waals surface area (Å²) in [6, 6.07) is 14.9. The van der Waals surface area contributed by atoms with E-state index < -0.39 is 0 Å². The third kappa shape index (κ3) is 6.30. The van der Waals surface area contributed by atoms with Gasteiger partial charge in [0.05, 0.1) is 23.9 Å². The number of ether oxygens (including phenoxy) is 1. The maximum Gasteiger partial charge on any atom is 0.130 e. The first-order valence-corrected chi connectivity index (χ1v) is 7.95. The van der Waals surface area contributed by atoms with Crippen molar-refractivity contribution < 1.29 is 14.0 Å². The summed E-state index contributed by atoms with van der Waals surface area (Å²) < 4.78 is 18.6. The van der Waals surface area contributed by atoms with Gasteiger partial charge < -0.3 is 10.5 Å². The van der Waals surface area contributed by atoms with Crippen molar-refractivity contribution in [3.05, 3.63) is 89.0 Å². The van der Waals surface area contributed by atoms with Gasteiger partial charge in [-0.3, -0.25) is 10.3 Å². The Hall–Kier alpha value is -3.30. The molecule has 0 bridgehead atoms. The Kier molecular flexibility index (Phi) is 7.22. The van der Waals surface area contributed by atoms with Crippen molar-refractivity contribution in [2.24, 2.45) is 5.73 Å². The van der Waals surface area contributed by atoms with Crippen LogP contribution in [0.15, 0.2) is 72.1 Å². The zero-order valence-corrected chi connectivity index (χ0v) is 14.4. The number of nitrogens with two attached hydrogens (primary N) is 1. The molecule has 5 nitrogen and oxygen atoms in total. The van der Waals surface area contributed by atoms with Crippen LogP contribution in [-0.2, 0) is 11.4 Å². The number of halogens is 1. The normalized spacial score (nSPS) is 11.7. The van der Waals surface area contributed by atoms with E-state index in [1.165, 1.54) is 18.3 Å². The first kappa shape index (κ1) is 19.0. The molecule has 0 aliphatic carbocycles. The predicted octanol–water partition coefficient (Wildman–Crippen LogP) is 3.54. The van der Waals surface area contributed by atoms with Gasteiger partial charge in [-0.2, -0.15) is 5.26 Å². The molecule has 0 aliphatic rings. The quantitative estimate of drug-likeness (QED) is 0.560. The summed E-state index contributed by atoms with van der Waals surface area (Å²) in [6.07, 6.45) is 3.27. The topological polar surface area (TPSA) is 80.3 Å². The van der Waals surface area contributed by atoms with E-state index in [2.05, 4.69) is 11.5 Å². The van der Waals surface area contributed by atoms with Crippen molar-refractivity contribution in [3.8, 4) is 11.8 Å². The molecule has 2 aromatic rings. The standard InChI is InChI=1S/C20H20FN3O2/c1-15(11-22)10-19(14-25-20-8-6-18(21)7-9-20)24-26-13-17-4-2-16(12-23)3-5-17/h2-11,24H,13-14,22H2,1H3/b15-11-,19-10+. The van der Waals surface area contributed by atoms with Crippen LogP contribution in [-0.4, -0.2) is 6.61 Å². The highest BCUT2D eigenvalue weighted by atomic mass is 19.1. The Bertz CT molecular complexity index is 806. The maximum absolute atomic E-state index is 12.9. The summed E-state index contributed by atoms with van der Waals surface area (Å²) in [5, 5.41) is 8.80. The monoisotopic (exact) mass is 353 g/mol. The van der Waals surface area contributed by atoms with E-state index in [1.54, 1.807) is 30.3 Å². The van der Waals surface area contributed by atoms with Gasteiger partial charge in [0.1, 0.15) is 18.2 Å². The van der Waals surface area contributed by atoms with Crippen LogP contribution in [0.2, 0.25) is 0 Å². The highest BCUT2D eigenvalue weighted by Crippen LogP contribution is 2.12. The van der Waals surface area contributed by atoms with Gasteiger partial charge in [0, 0.05) is 0 Å². The van der Waals surface area contributed by atoms with Gasteiger partial charge in [-0.15, -0.1) is 0 Å². The van der Waals surface area contributed by atoms with Crippen LogP contribution in [0, 0.1) is 17.1 Å². The second-order valence-corrected chi connectivity index (χ2v) is 5.52. The average Bonchev–Trinajstić information content (AvgIpc) is 2.67. The van der Waals surface area contributed by atoms with Crippen LogP contribution in [0.3, 0.4) is 0 Å². The molecule has 0 aliphatic heterocycles. The molecule has 26 heavy (non-hydrogen) atoms. The van der Waals surface area contributed by atoms with Crippen molar-refractivity contribution in [1.29, 1.82) is 5.26 Å². The summed E-state index contributed by atoms with van der Waals surface area (Å²) in [5.74, 6) is 0.222. The minimum atomic E-state index is -0.320. The number of hydrogen-bond acceptors (Lipinski definition) is 5. The van der Waals surface area contributed by atoms with E-state index in [0.29, 0.717) is 23.6 Å². The zero-order chi connectivity index (χ0) is 18.8. The lowest BCUT2D eigenvalue weighted by atomic mass is 10.2. The molecular weight excluding hydrogens is 333 g/mol. The van der Waals surface area contributed by atoms with Gasteiger partial charge in [-0.25, -0.2) is 4.39 Å². The fourth-order valence-electron chi connectivity index (χ4n) is 2.00. The third-order valence-electron chi connectivity index (χ3n) is 3.40. The summed E-state index contributed by atoms with van der Waals surface area (Å²) in [7, 11) is 0. The molecular formula is C20H20FN3O2. The number of hydrogen-bond donors (Lipinski definition) is 2. The number of rotatable bonds is 8. The number of nitrogens with one attached hydrogen (secondary N) is 1. The molecule has 0 unspecified atom stereocenters. The zero-order valence-electron chi connectivity index (χ0n) is 14.4. The van der Waals surface area contributed by atoms with Crippen LogP contribution in [0.5, 0.6) is 5.75 Å². The van der Waals surface area contributed by atoms with Gasteiger partial charge in [-0.1, -0.05) is 12.1 Å². The van der Waals surface area contributed by atoms with E-state index in [4.69, 9.17) is 20.6 Å². The van der Waals surface area contributed by atoms with Crippen LogP contribution in [0.25, 0.3) is 0 Å². The fourth-order valence-corrected chi connectivity index (χ4v) is 2.00. The van der Waals surface area contributed by atoms with E-state index in [0.717, 1.165) is 11.1 Å². The summed E-state index contributed by atoms with van der Waals surface area (Å²) >= 11 is 0. The second kappa shape index (κ2) is 9.87. The number of hydroxylamine groups is 1. The van der Waals surface area contributed by atoms with Crippen LogP contribution in [0.1, 0.15) is 18.1 Å². The molecule has 0 saturated carbocycles. The lowest BCUT2D eigenvalue weighted by molar-refractivity contribution is 0.0429. The Labute approximate surface area is 152 Å². The highest BCUT2D eigenvalue weighted by Gasteiger charge is 2.02. The number of nitrogens with zero attached hydrogens (tertiary/aromatic N) is 1. The molecule has 0 radical (unpaired) electrons. The van der Waals surface area contributed by atoms with Gasteiger partial charge in [0.15, 0.2) is 0 Å². The van der Waals surface area contributed by atoms with Crippen molar-refractivity contribution in [2.75, 3.05) is 6.61 Å². The SMILES string of the molecule is CC(=C/N)/C=C(\COc1ccc(F)cc1)NOCc1ccc(C#N)cc1. The predicted molar refractivity (Wildman–Crippen MR) is 97.0 cm³/mol. The first-order chi connectivity index (χ1) is 12.6. The fraction of sp³-hybridized carbons (Fsp3) is 0.150. The molecule has 3 N–H and O–H groups in total. The van der Waals surface area contributed by atoms with Crippen molar-refractivity contribution in [1.82, 2.24) is 5.48 Å². The van der Waals surface area contributed by atoms with Crippen molar-refractivity contribution in [3.63, 3.8) is 0 Å².